The minimum absolute atomic E-state index is 0.313. The van der Waals surface area contributed by atoms with Crippen LogP contribution in [0.2, 0.25) is 0 Å². The maximum atomic E-state index is 11.6. The topological polar surface area (TPSA) is 50.7 Å². The van der Waals surface area contributed by atoms with Gasteiger partial charge in [-0.3, -0.25) is 0 Å². The number of esters is 1. The van der Waals surface area contributed by atoms with Crippen molar-refractivity contribution in [3.05, 3.63) is 35.5 Å². The first-order valence-electron chi connectivity index (χ1n) is 5.64. The molecule has 1 aromatic rings. The van der Waals surface area contributed by atoms with Crippen molar-refractivity contribution in [2.75, 3.05) is 11.9 Å². The van der Waals surface area contributed by atoms with Crippen LogP contribution < -0.4 is 5.32 Å². The number of para-hydroxylation sites is 1. The summed E-state index contributed by atoms with van der Waals surface area (Å²) >= 11 is 0. The number of nitrogens with one attached hydrogen (secondary N) is 1. The van der Waals surface area contributed by atoms with E-state index in [0.29, 0.717) is 12.3 Å². The largest absolute Gasteiger partial charge is 0.456 e. The van der Waals surface area contributed by atoms with E-state index >= 15 is 0 Å². The number of cyclic esters (lactones) is 1. The number of carbonyl (C=O) groups is 1. The first-order chi connectivity index (χ1) is 8.29. The molecule has 2 aliphatic rings. The van der Waals surface area contributed by atoms with Crippen LogP contribution in [0.15, 0.2) is 35.0 Å². The minimum Gasteiger partial charge on any atom is -0.456 e. The summed E-state index contributed by atoms with van der Waals surface area (Å²) in [5.41, 5.74) is 3.30. The maximum absolute atomic E-state index is 11.6. The van der Waals surface area contributed by atoms with Crippen molar-refractivity contribution in [1.29, 1.82) is 0 Å². The normalized spacial score (nSPS) is 17.7. The summed E-state index contributed by atoms with van der Waals surface area (Å²) in [5, 5.41) is 3.26. The van der Waals surface area contributed by atoms with Crippen molar-refractivity contribution in [1.82, 2.24) is 0 Å². The third-order valence-corrected chi connectivity index (χ3v) is 2.94. The third-order valence-electron chi connectivity index (χ3n) is 2.94. The Morgan fingerprint density at radius 2 is 2.24 bits per heavy atom. The van der Waals surface area contributed by atoms with Gasteiger partial charge in [-0.1, -0.05) is 25.1 Å². The zero-order chi connectivity index (χ0) is 11.8. The van der Waals surface area contributed by atoms with Gasteiger partial charge in [0, 0.05) is 23.2 Å². The van der Waals surface area contributed by atoms with Gasteiger partial charge in [-0.2, -0.15) is 0 Å². The van der Waals surface area contributed by atoms with Gasteiger partial charge in [-0.05, 0) is 6.07 Å². The lowest BCUT2D eigenvalue weighted by atomic mass is 10.0. The van der Waals surface area contributed by atoms with E-state index in [4.69, 9.17) is 4.74 Å². The van der Waals surface area contributed by atoms with E-state index in [1.165, 1.54) is 0 Å². The molecule has 0 radical (unpaired) electrons. The highest BCUT2D eigenvalue weighted by atomic mass is 16.5. The van der Waals surface area contributed by atoms with Crippen LogP contribution in [0.25, 0.3) is 5.57 Å². The minimum atomic E-state index is -0.329. The molecule has 0 fully saturated rings. The summed E-state index contributed by atoms with van der Waals surface area (Å²) in [6.07, 6.45) is 0.748. The van der Waals surface area contributed by atoms with Crippen LogP contribution in [0.3, 0.4) is 0 Å². The Bertz CT molecular complexity index is 558. The highest BCUT2D eigenvalue weighted by molar-refractivity contribution is 6.10. The van der Waals surface area contributed by atoms with E-state index in [2.05, 4.69) is 10.3 Å². The zero-order valence-electron chi connectivity index (χ0n) is 9.49. The fourth-order valence-corrected chi connectivity index (χ4v) is 2.06. The highest BCUT2D eigenvalue weighted by Gasteiger charge is 2.29. The monoisotopic (exact) mass is 228 g/mol. The summed E-state index contributed by atoms with van der Waals surface area (Å²) in [5.74, 6) is 0.464. The van der Waals surface area contributed by atoms with E-state index in [9.17, 15) is 4.79 Å². The van der Waals surface area contributed by atoms with Gasteiger partial charge >= 0.3 is 5.97 Å². The number of rotatable bonds is 1. The third kappa shape index (κ3) is 1.53. The average Bonchev–Trinajstić information content (AvgIpc) is 2.62. The molecule has 4 nitrogen and oxygen atoms in total. The molecule has 0 bridgehead atoms. The second-order valence-electron chi connectivity index (χ2n) is 3.99. The Morgan fingerprint density at radius 1 is 1.41 bits per heavy atom. The van der Waals surface area contributed by atoms with E-state index in [1.54, 1.807) is 0 Å². The first kappa shape index (κ1) is 10.1. The van der Waals surface area contributed by atoms with E-state index in [-0.39, 0.29) is 5.97 Å². The predicted molar refractivity (Wildman–Crippen MR) is 65.7 cm³/mol. The lowest BCUT2D eigenvalue weighted by Gasteiger charge is -2.10. The predicted octanol–water partition coefficient (Wildman–Crippen LogP) is 2.19. The second-order valence-corrected chi connectivity index (χ2v) is 3.99. The standard InChI is InChI=1S/C13H12N2O2/c1-2-11-14-10-6-4-3-5-8(10)9-7-17-13(16)12(9)15-11/h3-6H,2,7H2,1H3,(H,14,15). The van der Waals surface area contributed by atoms with Crippen LogP contribution >= 0.6 is 0 Å². The summed E-state index contributed by atoms with van der Waals surface area (Å²) in [6.45, 7) is 2.31. The van der Waals surface area contributed by atoms with Gasteiger partial charge in [-0.15, -0.1) is 0 Å². The molecule has 1 aromatic carbocycles. The Labute approximate surface area is 99.0 Å². The molecule has 17 heavy (non-hydrogen) atoms. The number of nitrogens with zero attached hydrogens (tertiary/aromatic N) is 1. The Balaban J connectivity index is 2.23. The van der Waals surface area contributed by atoms with Crippen LogP contribution in [0.1, 0.15) is 18.9 Å². The van der Waals surface area contributed by atoms with E-state index < -0.39 is 0 Å². The maximum Gasteiger partial charge on any atom is 0.357 e. The lowest BCUT2D eigenvalue weighted by molar-refractivity contribution is -0.135. The summed E-state index contributed by atoms with van der Waals surface area (Å²) in [6, 6.07) is 7.88. The molecule has 0 spiro atoms. The first-order valence-corrected chi connectivity index (χ1v) is 5.64. The van der Waals surface area contributed by atoms with Gasteiger partial charge in [0.1, 0.15) is 12.4 Å². The number of hydrogen-bond donors (Lipinski definition) is 1. The van der Waals surface area contributed by atoms with E-state index in [1.807, 2.05) is 31.2 Å². The van der Waals surface area contributed by atoms with Crippen molar-refractivity contribution in [2.45, 2.75) is 13.3 Å². The number of aliphatic imine (C=N–C) groups is 1. The molecule has 0 atom stereocenters. The molecule has 2 heterocycles. The smallest absolute Gasteiger partial charge is 0.357 e. The van der Waals surface area contributed by atoms with Crippen molar-refractivity contribution in [3.63, 3.8) is 0 Å². The Hall–Kier alpha value is -2.10. The molecule has 0 unspecified atom stereocenters. The summed E-state index contributed by atoms with van der Waals surface area (Å²) < 4.78 is 5.06. The Kier molecular flexibility index (Phi) is 2.21. The molecule has 4 heteroatoms. The number of ether oxygens (including phenoxy) is 1. The van der Waals surface area contributed by atoms with Crippen molar-refractivity contribution in [2.24, 2.45) is 4.99 Å². The number of anilines is 1. The number of hydrogen-bond acceptors (Lipinski definition) is 4. The van der Waals surface area contributed by atoms with Gasteiger partial charge in [0.25, 0.3) is 0 Å². The highest BCUT2D eigenvalue weighted by Crippen LogP contribution is 2.33. The van der Waals surface area contributed by atoms with Crippen LogP contribution in [0, 0.1) is 0 Å². The molecule has 0 saturated carbocycles. The summed E-state index contributed by atoms with van der Waals surface area (Å²) in [4.78, 5) is 16.0. The molecule has 86 valence electrons. The SMILES string of the molecule is CCC1=NC2=C(COC2=O)c2ccccc2N1. The van der Waals surface area contributed by atoms with Crippen molar-refractivity contribution < 1.29 is 9.53 Å². The number of fused-ring (bicyclic) bond motifs is 2. The van der Waals surface area contributed by atoms with Gasteiger partial charge in [-0.25, -0.2) is 9.79 Å². The Morgan fingerprint density at radius 3 is 3.06 bits per heavy atom. The molecule has 0 amide bonds. The molecule has 3 rings (SSSR count). The zero-order valence-corrected chi connectivity index (χ0v) is 9.49. The fourth-order valence-electron chi connectivity index (χ4n) is 2.06. The van der Waals surface area contributed by atoms with Crippen LogP contribution in [0.4, 0.5) is 5.69 Å². The average molecular weight is 228 g/mol. The van der Waals surface area contributed by atoms with Crippen molar-refractivity contribution >= 4 is 23.1 Å². The van der Waals surface area contributed by atoms with Gasteiger partial charge < -0.3 is 10.1 Å². The molecule has 1 N–H and O–H groups in total. The van der Waals surface area contributed by atoms with Crippen LogP contribution in [0.5, 0.6) is 0 Å². The van der Waals surface area contributed by atoms with Gasteiger partial charge in [0.15, 0.2) is 5.70 Å². The number of amidine groups is 1. The molecule has 0 aliphatic carbocycles. The summed E-state index contributed by atoms with van der Waals surface area (Å²) in [7, 11) is 0. The van der Waals surface area contributed by atoms with Gasteiger partial charge in [0.05, 0.1) is 0 Å². The molecule has 0 aromatic heterocycles. The van der Waals surface area contributed by atoms with Gasteiger partial charge in [0.2, 0.25) is 0 Å². The second kappa shape index (κ2) is 3.73. The van der Waals surface area contributed by atoms with Crippen molar-refractivity contribution in [3.8, 4) is 0 Å². The van der Waals surface area contributed by atoms with Crippen LogP contribution in [-0.4, -0.2) is 18.4 Å². The fraction of sp³-hybridized carbons (Fsp3) is 0.231. The number of carbonyl (C=O) groups excluding carboxylic acids is 1. The molecular formula is C13H12N2O2. The van der Waals surface area contributed by atoms with Crippen LogP contribution in [-0.2, 0) is 9.53 Å². The molecule has 0 saturated heterocycles. The van der Waals surface area contributed by atoms with E-state index in [0.717, 1.165) is 29.1 Å². The quantitative estimate of drug-likeness (QED) is 0.749. The lowest BCUT2D eigenvalue weighted by Crippen LogP contribution is -2.12. The molecular weight excluding hydrogens is 216 g/mol. The number of benzene rings is 1. The molecule has 2 aliphatic heterocycles.